The normalized spacial score (nSPS) is 21.3. The lowest BCUT2D eigenvalue weighted by Gasteiger charge is -2.26. The Bertz CT molecular complexity index is 781. The molecule has 2 heterocycles. The van der Waals surface area contributed by atoms with Crippen LogP contribution in [0.5, 0.6) is 0 Å². The van der Waals surface area contributed by atoms with E-state index < -0.39 is 20.0 Å². The van der Waals surface area contributed by atoms with E-state index in [9.17, 15) is 16.8 Å². The first-order valence-electron chi connectivity index (χ1n) is 8.31. The fourth-order valence-corrected chi connectivity index (χ4v) is 5.67. The molecule has 2 fully saturated rings. The molecule has 0 unspecified atom stereocenters. The lowest BCUT2D eigenvalue weighted by molar-refractivity contribution is 0.0730. The van der Waals surface area contributed by atoms with Crippen molar-refractivity contribution in [1.29, 1.82) is 0 Å². The van der Waals surface area contributed by atoms with E-state index in [0.717, 1.165) is 25.9 Å². The largest absolute Gasteiger partial charge is 0.379 e. The molecular weight excluding hydrogens is 366 g/mol. The molecule has 0 atom stereocenters. The van der Waals surface area contributed by atoms with Crippen LogP contribution in [0.3, 0.4) is 0 Å². The Morgan fingerprint density at radius 1 is 0.960 bits per heavy atom. The van der Waals surface area contributed by atoms with Gasteiger partial charge < -0.3 is 10.1 Å². The van der Waals surface area contributed by atoms with Crippen LogP contribution in [0.1, 0.15) is 12.8 Å². The predicted octanol–water partition coefficient (Wildman–Crippen LogP) is -0.262. The van der Waals surface area contributed by atoms with Crippen molar-refractivity contribution in [3.05, 3.63) is 24.3 Å². The molecule has 0 radical (unpaired) electrons. The van der Waals surface area contributed by atoms with Crippen molar-refractivity contribution in [2.24, 2.45) is 0 Å². The monoisotopic (exact) mass is 389 g/mol. The lowest BCUT2D eigenvalue weighted by Crippen LogP contribution is -2.42. The highest BCUT2D eigenvalue weighted by Gasteiger charge is 2.27. The SMILES string of the molecule is O=S(=O)(NC1CCNCC1)c1ccc(S(=O)(=O)N2CCOCC2)cc1. The minimum Gasteiger partial charge on any atom is -0.379 e. The summed E-state index contributed by atoms with van der Waals surface area (Å²) < 4.78 is 59.2. The van der Waals surface area contributed by atoms with E-state index in [1.165, 1.54) is 28.6 Å². The molecule has 25 heavy (non-hydrogen) atoms. The van der Waals surface area contributed by atoms with Gasteiger partial charge in [0.15, 0.2) is 0 Å². The quantitative estimate of drug-likeness (QED) is 0.719. The molecule has 0 bridgehead atoms. The fraction of sp³-hybridized carbons (Fsp3) is 0.600. The summed E-state index contributed by atoms with van der Waals surface area (Å²) in [6.07, 6.45) is 1.48. The Hall–Kier alpha value is -1.04. The smallest absolute Gasteiger partial charge is 0.243 e. The number of morpholine rings is 1. The van der Waals surface area contributed by atoms with Gasteiger partial charge >= 0.3 is 0 Å². The molecule has 8 nitrogen and oxygen atoms in total. The van der Waals surface area contributed by atoms with Crippen LogP contribution >= 0.6 is 0 Å². The number of ether oxygens (including phenoxy) is 1. The Balaban J connectivity index is 1.74. The number of hydrogen-bond acceptors (Lipinski definition) is 6. The van der Waals surface area contributed by atoms with Crippen LogP contribution in [0.4, 0.5) is 0 Å². The fourth-order valence-electron chi connectivity index (χ4n) is 2.95. The van der Waals surface area contributed by atoms with Crippen LogP contribution in [0.25, 0.3) is 0 Å². The van der Waals surface area contributed by atoms with Crippen molar-refractivity contribution in [2.45, 2.75) is 28.7 Å². The highest BCUT2D eigenvalue weighted by atomic mass is 32.2. The molecule has 3 rings (SSSR count). The number of piperidine rings is 1. The highest BCUT2D eigenvalue weighted by Crippen LogP contribution is 2.20. The van der Waals surface area contributed by atoms with Crippen molar-refractivity contribution in [3.8, 4) is 0 Å². The topological polar surface area (TPSA) is 105 Å². The highest BCUT2D eigenvalue weighted by molar-refractivity contribution is 7.89. The zero-order chi connectivity index (χ0) is 17.9. The Morgan fingerprint density at radius 3 is 2.12 bits per heavy atom. The second-order valence-electron chi connectivity index (χ2n) is 6.13. The second kappa shape index (κ2) is 7.68. The average molecular weight is 389 g/mol. The number of benzene rings is 1. The predicted molar refractivity (Wildman–Crippen MR) is 92.2 cm³/mol. The minimum atomic E-state index is -3.65. The zero-order valence-corrected chi connectivity index (χ0v) is 15.5. The molecule has 2 aliphatic heterocycles. The average Bonchev–Trinajstić information content (AvgIpc) is 2.63. The maximum atomic E-state index is 12.6. The Labute approximate surface area is 148 Å². The molecule has 0 aromatic heterocycles. The van der Waals surface area contributed by atoms with Crippen molar-refractivity contribution >= 4 is 20.0 Å². The third-order valence-corrected chi connectivity index (χ3v) is 7.85. The van der Waals surface area contributed by atoms with Gasteiger partial charge in [-0.05, 0) is 50.2 Å². The summed E-state index contributed by atoms with van der Waals surface area (Å²) in [4.78, 5) is 0.169. The summed E-state index contributed by atoms with van der Waals surface area (Å²) in [5.74, 6) is 0. The molecule has 0 saturated carbocycles. The maximum Gasteiger partial charge on any atom is 0.243 e. The van der Waals surface area contributed by atoms with E-state index in [1.54, 1.807) is 0 Å². The molecule has 140 valence electrons. The van der Waals surface area contributed by atoms with Gasteiger partial charge in [-0.2, -0.15) is 4.31 Å². The molecule has 1 aromatic rings. The van der Waals surface area contributed by atoms with Crippen LogP contribution in [-0.4, -0.2) is 66.6 Å². The maximum absolute atomic E-state index is 12.6. The van der Waals surface area contributed by atoms with Gasteiger partial charge in [-0.3, -0.25) is 0 Å². The molecule has 2 saturated heterocycles. The number of sulfonamides is 2. The van der Waals surface area contributed by atoms with Crippen molar-refractivity contribution < 1.29 is 21.6 Å². The molecular formula is C15H23N3O5S2. The summed E-state index contributed by atoms with van der Waals surface area (Å²) in [5.41, 5.74) is 0. The van der Waals surface area contributed by atoms with Crippen molar-refractivity contribution in [3.63, 3.8) is 0 Å². The summed E-state index contributed by atoms with van der Waals surface area (Å²) in [7, 11) is -7.27. The van der Waals surface area contributed by atoms with Gasteiger partial charge in [0.05, 0.1) is 23.0 Å². The first-order valence-corrected chi connectivity index (χ1v) is 11.2. The minimum absolute atomic E-state index is 0.0759. The van der Waals surface area contributed by atoms with Gasteiger partial charge in [-0.1, -0.05) is 0 Å². The summed E-state index contributed by atoms with van der Waals surface area (Å²) >= 11 is 0. The second-order valence-corrected chi connectivity index (χ2v) is 9.79. The molecule has 1 aromatic carbocycles. The van der Waals surface area contributed by atoms with Gasteiger partial charge in [0.25, 0.3) is 0 Å². The van der Waals surface area contributed by atoms with Crippen LogP contribution in [0.2, 0.25) is 0 Å². The number of nitrogens with zero attached hydrogens (tertiary/aromatic N) is 1. The third kappa shape index (κ3) is 4.39. The molecule has 2 N–H and O–H groups in total. The van der Waals surface area contributed by atoms with Crippen LogP contribution in [0.15, 0.2) is 34.1 Å². The Morgan fingerprint density at radius 2 is 1.52 bits per heavy atom. The third-order valence-electron chi connectivity index (χ3n) is 4.40. The first-order chi connectivity index (χ1) is 11.9. The van der Waals surface area contributed by atoms with E-state index in [4.69, 9.17) is 4.74 Å². The molecule has 2 aliphatic rings. The van der Waals surface area contributed by atoms with Gasteiger partial charge in [0, 0.05) is 19.1 Å². The van der Waals surface area contributed by atoms with E-state index >= 15 is 0 Å². The summed E-state index contributed by atoms with van der Waals surface area (Å²) in [5, 5.41) is 3.18. The van der Waals surface area contributed by atoms with Crippen molar-refractivity contribution in [1.82, 2.24) is 14.3 Å². The first kappa shape index (κ1) is 18.7. The lowest BCUT2D eigenvalue weighted by atomic mass is 10.1. The van der Waals surface area contributed by atoms with E-state index in [1.807, 2.05) is 0 Å². The molecule has 0 aliphatic carbocycles. The van der Waals surface area contributed by atoms with Gasteiger partial charge in [0.1, 0.15) is 0 Å². The van der Waals surface area contributed by atoms with E-state index in [2.05, 4.69) is 10.0 Å². The van der Waals surface area contributed by atoms with E-state index in [0.29, 0.717) is 26.3 Å². The Kier molecular flexibility index (Phi) is 5.76. The van der Waals surface area contributed by atoms with Gasteiger partial charge in [-0.15, -0.1) is 0 Å². The number of hydrogen-bond donors (Lipinski definition) is 2. The van der Waals surface area contributed by atoms with Gasteiger partial charge in [-0.25, -0.2) is 21.6 Å². The molecule has 10 heteroatoms. The van der Waals surface area contributed by atoms with Crippen molar-refractivity contribution in [2.75, 3.05) is 39.4 Å². The summed E-state index contributed by atoms with van der Waals surface area (Å²) in [6.45, 7) is 2.91. The zero-order valence-electron chi connectivity index (χ0n) is 13.8. The molecule has 0 spiro atoms. The van der Waals surface area contributed by atoms with Crippen LogP contribution in [-0.2, 0) is 24.8 Å². The van der Waals surface area contributed by atoms with Crippen LogP contribution in [0, 0.1) is 0 Å². The molecule has 0 amide bonds. The number of nitrogens with one attached hydrogen (secondary N) is 2. The van der Waals surface area contributed by atoms with Gasteiger partial charge in [0.2, 0.25) is 20.0 Å². The van der Waals surface area contributed by atoms with E-state index in [-0.39, 0.29) is 15.8 Å². The number of rotatable bonds is 5. The summed E-state index contributed by atoms with van der Waals surface area (Å²) in [6, 6.07) is 5.29. The van der Waals surface area contributed by atoms with Crippen LogP contribution < -0.4 is 10.0 Å². The standard InChI is InChI=1S/C15H23N3O5S2/c19-24(20,17-13-5-7-16-8-6-13)14-1-3-15(4-2-14)25(21,22)18-9-11-23-12-10-18/h1-4,13,16-17H,5-12H2.